The van der Waals surface area contributed by atoms with Gasteiger partial charge in [0, 0.05) is 6.42 Å². The summed E-state index contributed by atoms with van der Waals surface area (Å²) in [4.78, 5) is 25.6. The molecule has 1 fully saturated rings. The largest absolute Gasteiger partial charge is 0.478 e. The molecule has 2 atom stereocenters. The van der Waals surface area contributed by atoms with Gasteiger partial charge in [0.15, 0.2) is 0 Å². The van der Waals surface area contributed by atoms with Gasteiger partial charge < -0.3 is 9.16 Å². The van der Waals surface area contributed by atoms with Crippen molar-refractivity contribution in [2.45, 2.75) is 57.8 Å². The summed E-state index contributed by atoms with van der Waals surface area (Å²) in [6.45, 7) is 9.12. The average Bonchev–Trinajstić information content (AvgIpc) is 2.91. The Balaban J connectivity index is 1.79. The summed E-state index contributed by atoms with van der Waals surface area (Å²) in [6, 6.07) is 30.0. The smallest absolute Gasteiger partial charge is 0.282 e. The fourth-order valence-corrected chi connectivity index (χ4v) is 9.61. The third-order valence-corrected chi connectivity index (χ3v) is 11.9. The molecule has 6 nitrogen and oxygen atoms in total. The van der Waals surface area contributed by atoms with E-state index in [1.54, 1.807) is 0 Å². The lowest BCUT2D eigenvalue weighted by Crippen LogP contribution is -2.69. The van der Waals surface area contributed by atoms with Crippen LogP contribution in [0.15, 0.2) is 91.0 Å². The van der Waals surface area contributed by atoms with Gasteiger partial charge in [-0.15, -0.1) is 0 Å². The van der Waals surface area contributed by atoms with Gasteiger partial charge >= 0.3 is 0 Å². The zero-order valence-electron chi connectivity index (χ0n) is 22.0. The maximum atomic E-state index is 13.6. The van der Waals surface area contributed by atoms with E-state index >= 15 is 0 Å². The molecule has 1 aliphatic heterocycles. The number of nitrogens with zero attached hydrogens (tertiary/aromatic N) is 1. The number of hydrogen-bond acceptors (Lipinski definition) is 4. The second kappa shape index (κ2) is 11.3. The molecule has 0 bridgehead atoms. The van der Waals surface area contributed by atoms with Crippen LogP contribution in [-0.4, -0.2) is 43.9 Å². The van der Waals surface area contributed by atoms with Crippen molar-refractivity contribution in [2.75, 3.05) is 6.54 Å². The lowest BCUT2D eigenvalue weighted by Gasteiger charge is -2.46. The molecule has 0 aliphatic carbocycles. The number of β-lactam (4-membered cyclic amide) rings is 1. The van der Waals surface area contributed by atoms with Gasteiger partial charge in [0.05, 0.1) is 12.6 Å². The topological polar surface area (TPSA) is 67.9 Å². The number of carbonyl (C=O) groups excluding carboxylic acids is 2. The van der Waals surface area contributed by atoms with Gasteiger partial charge in [-0.2, -0.15) is 0 Å². The molecule has 0 radical (unpaired) electrons. The van der Waals surface area contributed by atoms with Crippen LogP contribution in [0.1, 0.15) is 40.5 Å². The Morgan fingerprint density at radius 2 is 1.43 bits per heavy atom. The van der Waals surface area contributed by atoms with Crippen LogP contribution >= 0.6 is 0 Å². The lowest BCUT2D eigenvalue weighted by molar-refractivity contribution is -0.154. The molecule has 1 heterocycles. The number of carbonyl (C=O) groups is 2. The Bertz CT molecular complexity index is 1140. The predicted molar refractivity (Wildman–Crippen MR) is 148 cm³/mol. The monoisotopic (exact) mass is 516 g/mol. The van der Waals surface area contributed by atoms with Crippen molar-refractivity contribution in [1.82, 2.24) is 10.4 Å². The molecular formula is C30H36N2O4Si. The standard InChI is InChI=1S/C30H36N2O4Si/c1-5-26(28(35-23-15-9-6-10-16-23)29(34)31-32-22-21-27(32)33)36-37(30(2,3)4,24-17-11-7-12-18-24)25-19-13-8-14-20-25/h6-20,26,28H,5,21-22H2,1-4H3,(H,31,34)/t26-,28+/m1/s1. The van der Waals surface area contributed by atoms with Crippen molar-refractivity contribution in [2.24, 2.45) is 0 Å². The summed E-state index contributed by atoms with van der Waals surface area (Å²) >= 11 is 0. The number of amides is 2. The van der Waals surface area contributed by atoms with Crippen LogP contribution < -0.4 is 20.5 Å². The fourth-order valence-electron chi connectivity index (χ4n) is 4.85. The van der Waals surface area contributed by atoms with Crippen LogP contribution in [-0.2, 0) is 14.0 Å². The number of para-hydroxylation sites is 1. The normalized spacial score (nSPS) is 15.5. The van der Waals surface area contributed by atoms with Crippen molar-refractivity contribution in [3.05, 3.63) is 91.0 Å². The first-order chi connectivity index (χ1) is 17.8. The fraction of sp³-hybridized carbons (Fsp3) is 0.333. The van der Waals surface area contributed by atoms with E-state index in [9.17, 15) is 9.59 Å². The van der Waals surface area contributed by atoms with Crippen LogP contribution in [0.2, 0.25) is 5.04 Å². The minimum atomic E-state index is -2.95. The summed E-state index contributed by atoms with van der Waals surface area (Å²) in [6.07, 6.45) is -0.547. The number of hydrogen-bond donors (Lipinski definition) is 1. The number of ether oxygens (including phenoxy) is 1. The first-order valence-electron chi connectivity index (χ1n) is 12.9. The third-order valence-electron chi connectivity index (χ3n) is 6.85. The van der Waals surface area contributed by atoms with Crippen molar-refractivity contribution in [3.63, 3.8) is 0 Å². The minimum Gasteiger partial charge on any atom is -0.478 e. The van der Waals surface area contributed by atoms with Crippen LogP contribution in [0.3, 0.4) is 0 Å². The van der Waals surface area contributed by atoms with Crippen LogP contribution in [0.4, 0.5) is 0 Å². The summed E-state index contributed by atoms with van der Waals surface area (Å²) < 4.78 is 13.6. The van der Waals surface area contributed by atoms with E-state index in [1.807, 2.05) is 73.7 Å². The Labute approximate surface area is 220 Å². The zero-order chi connectivity index (χ0) is 26.5. The maximum absolute atomic E-state index is 13.6. The third kappa shape index (κ3) is 5.63. The molecule has 3 aromatic rings. The van der Waals surface area contributed by atoms with Crippen molar-refractivity contribution < 1.29 is 18.8 Å². The van der Waals surface area contributed by atoms with Gasteiger partial charge in [0.25, 0.3) is 14.2 Å². The number of nitrogens with one attached hydrogen (secondary N) is 1. The van der Waals surface area contributed by atoms with Crippen molar-refractivity contribution in [3.8, 4) is 5.75 Å². The van der Waals surface area contributed by atoms with E-state index < -0.39 is 20.5 Å². The molecule has 1 aliphatic rings. The maximum Gasteiger partial charge on any atom is 0.282 e. The second-order valence-electron chi connectivity index (χ2n) is 10.4. The molecule has 4 rings (SSSR count). The van der Waals surface area contributed by atoms with Crippen molar-refractivity contribution in [1.29, 1.82) is 0 Å². The lowest BCUT2D eigenvalue weighted by atomic mass is 10.1. The molecule has 7 heteroatoms. The van der Waals surface area contributed by atoms with Crippen LogP contribution in [0, 0.1) is 0 Å². The summed E-state index contributed by atoms with van der Waals surface area (Å²) in [5.74, 6) is 0.0801. The molecular weight excluding hydrogens is 480 g/mol. The SMILES string of the molecule is CC[C@@H](O[Si](c1ccccc1)(c1ccccc1)C(C)(C)C)[C@H](Oc1ccccc1)C(=O)NN1CCC1=O. The number of rotatable bonds is 10. The Morgan fingerprint density at radius 3 is 1.84 bits per heavy atom. The molecule has 0 aromatic heterocycles. The average molecular weight is 517 g/mol. The van der Waals surface area contributed by atoms with Crippen LogP contribution in [0.5, 0.6) is 5.75 Å². The highest BCUT2D eigenvalue weighted by atomic mass is 28.4. The van der Waals surface area contributed by atoms with E-state index in [2.05, 4.69) is 50.5 Å². The van der Waals surface area contributed by atoms with E-state index in [-0.39, 0.29) is 16.9 Å². The van der Waals surface area contributed by atoms with Gasteiger partial charge in [-0.1, -0.05) is 107 Å². The predicted octanol–water partition coefficient (Wildman–Crippen LogP) is 4.05. The molecule has 0 spiro atoms. The molecule has 37 heavy (non-hydrogen) atoms. The van der Waals surface area contributed by atoms with Gasteiger partial charge in [0.2, 0.25) is 12.0 Å². The zero-order valence-corrected chi connectivity index (χ0v) is 23.0. The summed E-state index contributed by atoms with van der Waals surface area (Å²) in [5, 5.41) is 3.34. The first-order valence-corrected chi connectivity index (χ1v) is 14.8. The molecule has 1 saturated heterocycles. The molecule has 0 unspecified atom stereocenters. The Hall–Kier alpha value is -3.42. The molecule has 3 aromatic carbocycles. The first kappa shape index (κ1) is 26.6. The highest BCUT2D eigenvalue weighted by Crippen LogP contribution is 2.38. The number of hydrazine groups is 1. The highest BCUT2D eigenvalue weighted by molar-refractivity contribution is 6.99. The molecule has 0 saturated carbocycles. The minimum absolute atomic E-state index is 0.104. The molecule has 1 N–H and O–H groups in total. The molecule has 2 amide bonds. The number of benzene rings is 3. The van der Waals surface area contributed by atoms with E-state index in [1.165, 1.54) is 5.01 Å². The van der Waals surface area contributed by atoms with Gasteiger partial charge in [0.1, 0.15) is 5.75 Å². The van der Waals surface area contributed by atoms with Crippen LogP contribution in [0.25, 0.3) is 0 Å². The quantitative estimate of drug-likeness (QED) is 0.326. The van der Waals surface area contributed by atoms with E-state index in [4.69, 9.17) is 9.16 Å². The summed E-state index contributed by atoms with van der Waals surface area (Å²) in [5.41, 5.74) is 2.76. The molecule has 194 valence electrons. The Morgan fingerprint density at radius 1 is 0.919 bits per heavy atom. The summed E-state index contributed by atoms with van der Waals surface area (Å²) in [7, 11) is -2.95. The highest BCUT2D eigenvalue weighted by Gasteiger charge is 2.53. The van der Waals surface area contributed by atoms with E-state index in [0.717, 1.165) is 10.4 Å². The van der Waals surface area contributed by atoms with Gasteiger partial charge in [-0.3, -0.25) is 20.0 Å². The Kier molecular flexibility index (Phi) is 8.15. The second-order valence-corrected chi connectivity index (χ2v) is 14.6. The van der Waals surface area contributed by atoms with Crippen molar-refractivity contribution >= 4 is 30.5 Å². The van der Waals surface area contributed by atoms with Gasteiger partial charge in [-0.25, -0.2) is 0 Å². The van der Waals surface area contributed by atoms with Gasteiger partial charge in [-0.05, 0) is 34.0 Å². The van der Waals surface area contributed by atoms with E-state index in [0.29, 0.717) is 25.1 Å².